The summed E-state index contributed by atoms with van der Waals surface area (Å²) >= 11 is 0. The number of rotatable bonds is 3. The molecule has 1 unspecified atom stereocenters. The minimum atomic E-state index is 0.170. The fourth-order valence-corrected chi connectivity index (χ4v) is 1.47. The second-order valence-electron chi connectivity index (χ2n) is 3.50. The Morgan fingerprint density at radius 3 is 3.43 bits per heavy atom. The maximum absolute atomic E-state index is 5.55. The van der Waals surface area contributed by atoms with Crippen LogP contribution in [0, 0.1) is 0 Å². The SMILES string of the molecule is CN1CCOC(COc2cn[nH]c2)C1. The van der Waals surface area contributed by atoms with Gasteiger partial charge in [-0.05, 0) is 7.05 Å². The van der Waals surface area contributed by atoms with E-state index in [1.165, 1.54) is 0 Å². The largest absolute Gasteiger partial charge is 0.488 e. The van der Waals surface area contributed by atoms with Gasteiger partial charge in [0.1, 0.15) is 12.7 Å². The maximum Gasteiger partial charge on any atom is 0.157 e. The highest BCUT2D eigenvalue weighted by atomic mass is 16.5. The van der Waals surface area contributed by atoms with E-state index in [-0.39, 0.29) is 6.10 Å². The lowest BCUT2D eigenvalue weighted by atomic mass is 10.3. The number of ether oxygens (including phenoxy) is 2. The third-order valence-corrected chi connectivity index (χ3v) is 2.25. The Hall–Kier alpha value is -1.07. The lowest BCUT2D eigenvalue weighted by molar-refractivity contribution is -0.0403. The van der Waals surface area contributed by atoms with Crippen molar-refractivity contribution in [3.8, 4) is 5.75 Å². The van der Waals surface area contributed by atoms with Crippen LogP contribution in [0.3, 0.4) is 0 Å². The van der Waals surface area contributed by atoms with Crippen molar-refractivity contribution in [2.45, 2.75) is 6.10 Å². The molecule has 14 heavy (non-hydrogen) atoms. The molecule has 78 valence electrons. The highest BCUT2D eigenvalue weighted by molar-refractivity contribution is 5.10. The quantitative estimate of drug-likeness (QED) is 0.747. The Balaban J connectivity index is 1.75. The van der Waals surface area contributed by atoms with Gasteiger partial charge in [-0.3, -0.25) is 5.10 Å². The van der Waals surface area contributed by atoms with Gasteiger partial charge < -0.3 is 14.4 Å². The molecule has 0 bridgehead atoms. The Kier molecular flexibility index (Phi) is 3.00. The molecule has 0 aromatic carbocycles. The van der Waals surface area contributed by atoms with E-state index in [2.05, 4.69) is 22.1 Å². The van der Waals surface area contributed by atoms with E-state index in [9.17, 15) is 0 Å². The van der Waals surface area contributed by atoms with E-state index in [1.54, 1.807) is 12.4 Å². The average Bonchev–Trinajstić information content (AvgIpc) is 2.67. The van der Waals surface area contributed by atoms with E-state index in [1.807, 2.05) is 0 Å². The van der Waals surface area contributed by atoms with Gasteiger partial charge in [-0.25, -0.2) is 0 Å². The van der Waals surface area contributed by atoms with Crippen molar-refractivity contribution in [3.63, 3.8) is 0 Å². The molecule has 0 radical (unpaired) electrons. The van der Waals surface area contributed by atoms with Crippen molar-refractivity contribution in [3.05, 3.63) is 12.4 Å². The minimum Gasteiger partial charge on any atom is -0.488 e. The molecule has 0 aliphatic carbocycles. The molecule has 5 heteroatoms. The lowest BCUT2D eigenvalue weighted by Crippen LogP contribution is -2.42. The molecular formula is C9H15N3O2. The number of aromatic nitrogens is 2. The Morgan fingerprint density at radius 2 is 2.71 bits per heavy atom. The van der Waals surface area contributed by atoms with Crippen molar-refractivity contribution < 1.29 is 9.47 Å². The van der Waals surface area contributed by atoms with Gasteiger partial charge in [0.05, 0.1) is 19.0 Å². The van der Waals surface area contributed by atoms with E-state index in [0.717, 1.165) is 25.4 Å². The van der Waals surface area contributed by atoms with E-state index >= 15 is 0 Å². The third-order valence-electron chi connectivity index (χ3n) is 2.25. The van der Waals surface area contributed by atoms with E-state index < -0.39 is 0 Å². The van der Waals surface area contributed by atoms with Crippen LogP contribution in [0.2, 0.25) is 0 Å². The highest BCUT2D eigenvalue weighted by Gasteiger charge is 2.18. The van der Waals surface area contributed by atoms with Crippen LogP contribution in [-0.4, -0.2) is 54.6 Å². The first-order valence-corrected chi connectivity index (χ1v) is 4.76. The second kappa shape index (κ2) is 4.43. The van der Waals surface area contributed by atoms with Gasteiger partial charge in [-0.2, -0.15) is 5.10 Å². The van der Waals surface area contributed by atoms with Crippen molar-refractivity contribution >= 4 is 0 Å². The normalized spacial score (nSPS) is 23.6. The van der Waals surface area contributed by atoms with E-state index in [4.69, 9.17) is 9.47 Å². The number of aromatic amines is 1. The molecule has 1 atom stereocenters. The summed E-state index contributed by atoms with van der Waals surface area (Å²) in [7, 11) is 2.09. The van der Waals surface area contributed by atoms with Crippen LogP contribution >= 0.6 is 0 Å². The molecule has 1 fully saturated rings. The van der Waals surface area contributed by atoms with Crippen LogP contribution < -0.4 is 4.74 Å². The second-order valence-corrected chi connectivity index (χ2v) is 3.50. The van der Waals surface area contributed by atoms with Crippen LogP contribution in [0.4, 0.5) is 0 Å². The number of likely N-dealkylation sites (N-methyl/N-ethyl adjacent to an activating group) is 1. The molecule has 1 aromatic rings. The molecule has 1 aromatic heterocycles. The zero-order chi connectivity index (χ0) is 9.80. The number of nitrogens with zero attached hydrogens (tertiary/aromatic N) is 2. The summed E-state index contributed by atoms with van der Waals surface area (Å²) < 4.78 is 11.0. The van der Waals surface area contributed by atoms with Gasteiger partial charge in [0.2, 0.25) is 0 Å². The number of morpholine rings is 1. The molecule has 0 saturated carbocycles. The summed E-state index contributed by atoms with van der Waals surface area (Å²) in [6.45, 7) is 3.31. The predicted octanol–water partition coefficient (Wildman–Crippen LogP) is 0.119. The first-order valence-electron chi connectivity index (χ1n) is 4.76. The Morgan fingerprint density at radius 1 is 1.79 bits per heavy atom. The number of nitrogens with one attached hydrogen (secondary N) is 1. The lowest BCUT2D eigenvalue weighted by Gasteiger charge is -2.29. The molecule has 1 saturated heterocycles. The minimum absolute atomic E-state index is 0.170. The van der Waals surface area contributed by atoms with E-state index in [0.29, 0.717) is 6.61 Å². The Bertz CT molecular complexity index is 263. The maximum atomic E-state index is 5.55. The summed E-state index contributed by atoms with van der Waals surface area (Å²) in [5.41, 5.74) is 0. The van der Waals surface area contributed by atoms with Gasteiger partial charge in [-0.1, -0.05) is 0 Å². The summed E-state index contributed by atoms with van der Waals surface area (Å²) in [5.74, 6) is 0.766. The van der Waals surface area contributed by atoms with Gasteiger partial charge in [0.25, 0.3) is 0 Å². The van der Waals surface area contributed by atoms with Crippen molar-refractivity contribution in [2.24, 2.45) is 0 Å². The number of hydrogen-bond acceptors (Lipinski definition) is 4. The van der Waals surface area contributed by atoms with Crippen molar-refractivity contribution in [1.82, 2.24) is 15.1 Å². The smallest absolute Gasteiger partial charge is 0.157 e. The first kappa shape index (κ1) is 9.48. The zero-order valence-corrected chi connectivity index (χ0v) is 8.27. The monoisotopic (exact) mass is 197 g/mol. The fourth-order valence-electron chi connectivity index (χ4n) is 1.47. The van der Waals surface area contributed by atoms with Crippen LogP contribution in [0.5, 0.6) is 5.75 Å². The number of H-pyrrole nitrogens is 1. The molecule has 1 aliphatic heterocycles. The summed E-state index contributed by atoms with van der Waals surface area (Å²) in [4.78, 5) is 2.24. The molecule has 1 N–H and O–H groups in total. The predicted molar refractivity (Wildman–Crippen MR) is 51.3 cm³/mol. The van der Waals surface area contributed by atoms with Gasteiger partial charge in [-0.15, -0.1) is 0 Å². The molecule has 2 rings (SSSR count). The standard InChI is InChI=1S/C9H15N3O2/c1-12-2-3-13-9(6-12)7-14-8-4-10-11-5-8/h4-5,9H,2-3,6-7H2,1H3,(H,10,11). The fraction of sp³-hybridized carbons (Fsp3) is 0.667. The number of hydrogen-bond donors (Lipinski definition) is 1. The van der Waals surface area contributed by atoms with Crippen LogP contribution in [0.25, 0.3) is 0 Å². The molecule has 0 spiro atoms. The zero-order valence-electron chi connectivity index (χ0n) is 8.27. The molecule has 2 heterocycles. The van der Waals surface area contributed by atoms with Crippen molar-refractivity contribution in [1.29, 1.82) is 0 Å². The van der Waals surface area contributed by atoms with Crippen LogP contribution in [0.15, 0.2) is 12.4 Å². The van der Waals surface area contributed by atoms with Crippen molar-refractivity contribution in [2.75, 3.05) is 33.4 Å². The Labute approximate surface area is 83.0 Å². The van der Waals surface area contributed by atoms with Gasteiger partial charge in [0, 0.05) is 13.1 Å². The molecule has 5 nitrogen and oxygen atoms in total. The van der Waals surface area contributed by atoms with Gasteiger partial charge in [0.15, 0.2) is 5.75 Å². The summed E-state index contributed by atoms with van der Waals surface area (Å²) in [6, 6.07) is 0. The average molecular weight is 197 g/mol. The molecular weight excluding hydrogens is 182 g/mol. The van der Waals surface area contributed by atoms with Crippen LogP contribution in [-0.2, 0) is 4.74 Å². The van der Waals surface area contributed by atoms with Gasteiger partial charge >= 0.3 is 0 Å². The molecule has 1 aliphatic rings. The highest BCUT2D eigenvalue weighted by Crippen LogP contribution is 2.08. The summed E-state index contributed by atoms with van der Waals surface area (Å²) in [5, 5.41) is 6.50. The first-order chi connectivity index (χ1) is 6.84. The topological polar surface area (TPSA) is 50.4 Å². The molecule has 0 amide bonds. The third kappa shape index (κ3) is 2.46. The summed E-state index contributed by atoms with van der Waals surface area (Å²) in [6.07, 6.45) is 3.56. The van der Waals surface area contributed by atoms with Crippen LogP contribution in [0.1, 0.15) is 0 Å².